The largest absolute Gasteiger partial charge is 0.447 e. The second kappa shape index (κ2) is 10.6. The fourth-order valence-corrected chi connectivity index (χ4v) is 5.71. The molecule has 1 aromatic heterocycles. The summed E-state index contributed by atoms with van der Waals surface area (Å²) in [4.78, 5) is 26.9. The Morgan fingerprint density at radius 1 is 1.16 bits per heavy atom. The summed E-state index contributed by atoms with van der Waals surface area (Å²) in [6.07, 6.45) is -0.434. The number of cyclic esters (lactones) is 1. The average Bonchev–Trinajstić information content (AvgIpc) is 3.47. The molecule has 0 aliphatic carbocycles. The lowest BCUT2D eigenvalue weighted by Crippen LogP contribution is -2.40. The fraction of sp³-hybridized carbons (Fsp3) is 0.517. The third-order valence-electron chi connectivity index (χ3n) is 8.17. The minimum atomic E-state index is -2.01. The van der Waals surface area contributed by atoms with E-state index < -0.39 is 14.4 Å². The van der Waals surface area contributed by atoms with Gasteiger partial charge in [-0.25, -0.2) is 14.4 Å². The Hall–Kier alpha value is -3.04. The van der Waals surface area contributed by atoms with Crippen molar-refractivity contribution in [2.24, 2.45) is 0 Å². The molecular weight excluding hydrogens is 496 g/mol. The number of hydrogen-bond acceptors (Lipinski definition) is 6. The van der Waals surface area contributed by atoms with Gasteiger partial charge in [-0.05, 0) is 67.2 Å². The Balaban J connectivity index is 1.80. The lowest BCUT2D eigenvalue weighted by atomic mass is 9.82. The summed E-state index contributed by atoms with van der Waals surface area (Å²) in [6, 6.07) is 10.4. The molecule has 0 saturated carbocycles. The van der Waals surface area contributed by atoms with Crippen LogP contribution in [0.4, 0.5) is 4.79 Å². The van der Waals surface area contributed by atoms with Gasteiger partial charge in [-0.1, -0.05) is 55.8 Å². The van der Waals surface area contributed by atoms with Gasteiger partial charge >= 0.3 is 6.09 Å². The molecule has 1 saturated heterocycles. The van der Waals surface area contributed by atoms with Crippen LogP contribution in [-0.2, 0) is 27.1 Å². The number of benzene rings is 2. The summed E-state index contributed by atoms with van der Waals surface area (Å²) in [5.41, 5.74) is 7.00. The van der Waals surface area contributed by atoms with E-state index in [1.165, 1.54) is 4.90 Å². The number of hydrogen-bond donors (Lipinski definition) is 0. The standard InChI is InChI=1S/C29H40N4O4Si/c1-9-33-25-13-12-22(20(3)27(25)30-31-33)24(17-26(34)32-14-15-36-28(32)35)23-11-10-19(2)16-21(23)18-37-38(7,8)29(4,5)6/h10-13,16,24H,9,14-15,17-18H2,1-8H3/t24-/m0/s1. The SMILES string of the molecule is CCn1nnc2c(C)c([C@H](CC(=O)N3CCOC3=O)c3ccc(C)cc3CO[Si](C)(C)C(C)(C)C)ccc21. The average molecular weight is 537 g/mol. The van der Waals surface area contributed by atoms with E-state index in [2.05, 4.69) is 75.4 Å². The van der Waals surface area contributed by atoms with Gasteiger partial charge in [0.2, 0.25) is 5.91 Å². The van der Waals surface area contributed by atoms with Crippen LogP contribution in [0, 0.1) is 13.8 Å². The number of fused-ring (bicyclic) bond motifs is 1. The maximum atomic E-state index is 13.4. The van der Waals surface area contributed by atoms with Crippen molar-refractivity contribution in [3.8, 4) is 0 Å². The van der Waals surface area contributed by atoms with Crippen molar-refractivity contribution in [2.45, 2.75) is 85.2 Å². The molecular formula is C29H40N4O4Si. The third kappa shape index (κ3) is 5.40. The van der Waals surface area contributed by atoms with Gasteiger partial charge in [-0.3, -0.25) is 4.79 Å². The van der Waals surface area contributed by atoms with Crippen LogP contribution >= 0.6 is 0 Å². The van der Waals surface area contributed by atoms with E-state index in [9.17, 15) is 9.59 Å². The zero-order valence-electron chi connectivity index (χ0n) is 23.9. The molecule has 2 amide bonds. The van der Waals surface area contributed by atoms with Gasteiger partial charge in [-0.2, -0.15) is 0 Å². The topological polar surface area (TPSA) is 86.5 Å². The normalized spacial score (nSPS) is 15.3. The van der Waals surface area contributed by atoms with Crippen LogP contribution < -0.4 is 0 Å². The van der Waals surface area contributed by atoms with Crippen LogP contribution in [0.2, 0.25) is 18.1 Å². The zero-order chi connectivity index (χ0) is 27.8. The summed E-state index contributed by atoms with van der Waals surface area (Å²) < 4.78 is 13.6. The van der Waals surface area contributed by atoms with E-state index in [1.807, 2.05) is 24.6 Å². The van der Waals surface area contributed by atoms with Crippen molar-refractivity contribution in [3.05, 3.63) is 58.1 Å². The van der Waals surface area contributed by atoms with Crippen molar-refractivity contribution >= 4 is 31.4 Å². The van der Waals surface area contributed by atoms with E-state index in [1.54, 1.807) is 0 Å². The Kier molecular flexibility index (Phi) is 7.81. The van der Waals surface area contributed by atoms with Gasteiger partial charge in [0.25, 0.3) is 0 Å². The number of nitrogens with zero attached hydrogens (tertiary/aromatic N) is 4. The van der Waals surface area contributed by atoms with Crippen LogP contribution in [0.1, 0.15) is 67.9 Å². The molecule has 0 radical (unpaired) electrons. The first kappa shape index (κ1) is 28.0. The molecule has 4 rings (SSSR count). The van der Waals surface area contributed by atoms with Crippen LogP contribution in [0.5, 0.6) is 0 Å². The highest BCUT2D eigenvalue weighted by Crippen LogP contribution is 2.39. The van der Waals surface area contributed by atoms with E-state index >= 15 is 0 Å². The molecule has 1 aliphatic heterocycles. The summed E-state index contributed by atoms with van der Waals surface area (Å²) >= 11 is 0. The summed E-state index contributed by atoms with van der Waals surface area (Å²) in [5, 5.41) is 8.83. The van der Waals surface area contributed by atoms with Gasteiger partial charge in [-0.15, -0.1) is 5.10 Å². The molecule has 1 atom stereocenters. The number of ether oxygens (including phenoxy) is 1. The Morgan fingerprint density at radius 2 is 1.87 bits per heavy atom. The molecule has 38 heavy (non-hydrogen) atoms. The Bertz CT molecular complexity index is 1360. The van der Waals surface area contributed by atoms with E-state index in [0.29, 0.717) is 6.61 Å². The maximum absolute atomic E-state index is 13.4. The zero-order valence-corrected chi connectivity index (χ0v) is 24.9. The van der Waals surface area contributed by atoms with Crippen LogP contribution in [0.25, 0.3) is 11.0 Å². The number of carbonyl (C=O) groups excluding carboxylic acids is 2. The molecule has 0 unspecified atom stereocenters. The fourth-order valence-electron chi connectivity index (χ4n) is 4.76. The van der Waals surface area contributed by atoms with Gasteiger partial charge in [0.15, 0.2) is 8.32 Å². The number of imide groups is 1. The first-order valence-electron chi connectivity index (χ1n) is 13.4. The van der Waals surface area contributed by atoms with Crippen LogP contribution in [0.15, 0.2) is 30.3 Å². The Morgan fingerprint density at radius 3 is 2.50 bits per heavy atom. The Labute approximate surface area is 226 Å². The van der Waals surface area contributed by atoms with Crippen molar-refractivity contribution in [1.29, 1.82) is 0 Å². The maximum Gasteiger partial charge on any atom is 0.416 e. The molecule has 0 spiro atoms. The molecule has 0 bridgehead atoms. The molecule has 2 heterocycles. The molecule has 1 aliphatic rings. The lowest BCUT2D eigenvalue weighted by molar-refractivity contribution is -0.128. The number of aromatic nitrogens is 3. The number of amides is 2. The number of carbonyl (C=O) groups is 2. The molecule has 8 nitrogen and oxygen atoms in total. The second-order valence-electron chi connectivity index (χ2n) is 11.7. The summed E-state index contributed by atoms with van der Waals surface area (Å²) in [5.74, 6) is -0.531. The molecule has 1 fully saturated rings. The quantitative estimate of drug-likeness (QED) is 0.324. The molecule has 204 valence electrons. The second-order valence-corrected chi connectivity index (χ2v) is 16.5. The first-order chi connectivity index (χ1) is 17.8. The predicted octanol–water partition coefficient (Wildman–Crippen LogP) is 6.09. The van der Waals surface area contributed by atoms with E-state index in [-0.39, 0.29) is 36.4 Å². The number of aryl methyl sites for hydroxylation is 3. The minimum Gasteiger partial charge on any atom is -0.447 e. The van der Waals surface area contributed by atoms with Crippen molar-refractivity contribution < 1.29 is 18.8 Å². The molecule has 9 heteroatoms. The molecule has 0 N–H and O–H groups in total. The summed E-state index contributed by atoms with van der Waals surface area (Å²) in [7, 11) is -2.01. The predicted molar refractivity (Wildman–Crippen MR) is 151 cm³/mol. The van der Waals surface area contributed by atoms with Gasteiger partial charge in [0.05, 0.1) is 18.7 Å². The van der Waals surface area contributed by atoms with Gasteiger partial charge in [0.1, 0.15) is 12.1 Å². The first-order valence-corrected chi connectivity index (χ1v) is 16.3. The van der Waals surface area contributed by atoms with Crippen LogP contribution in [-0.4, -0.2) is 53.4 Å². The molecule has 3 aromatic rings. The van der Waals surface area contributed by atoms with E-state index in [4.69, 9.17) is 9.16 Å². The highest BCUT2D eigenvalue weighted by molar-refractivity contribution is 6.74. The van der Waals surface area contributed by atoms with Gasteiger partial charge in [0, 0.05) is 18.9 Å². The highest BCUT2D eigenvalue weighted by atomic mass is 28.4. The number of rotatable bonds is 8. The summed E-state index contributed by atoms with van der Waals surface area (Å²) in [6.45, 7) is 19.0. The minimum absolute atomic E-state index is 0.0786. The van der Waals surface area contributed by atoms with Crippen molar-refractivity contribution in [2.75, 3.05) is 13.2 Å². The van der Waals surface area contributed by atoms with Crippen LogP contribution in [0.3, 0.4) is 0 Å². The highest BCUT2D eigenvalue weighted by Gasteiger charge is 2.38. The monoisotopic (exact) mass is 536 g/mol. The lowest BCUT2D eigenvalue weighted by Gasteiger charge is -2.36. The third-order valence-corrected chi connectivity index (χ3v) is 12.6. The van der Waals surface area contributed by atoms with Gasteiger partial charge < -0.3 is 9.16 Å². The van der Waals surface area contributed by atoms with E-state index in [0.717, 1.165) is 45.4 Å². The van der Waals surface area contributed by atoms with Crippen molar-refractivity contribution in [3.63, 3.8) is 0 Å². The smallest absolute Gasteiger partial charge is 0.416 e. The molecule has 2 aromatic carbocycles. The van der Waals surface area contributed by atoms with Crippen molar-refractivity contribution in [1.82, 2.24) is 19.9 Å².